The highest BCUT2D eigenvalue weighted by molar-refractivity contribution is 9.10. The van der Waals surface area contributed by atoms with Crippen molar-refractivity contribution in [1.29, 1.82) is 0 Å². The fourth-order valence-electron chi connectivity index (χ4n) is 1.26. The van der Waals surface area contributed by atoms with Crippen molar-refractivity contribution in [3.8, 4) is 0 Å². The summed E-state index contributed by atoms with van der Waals surface area (Å²) in [5.74, 6) is -0.277. The van der Waals surface area contributed by atoms with Crippen molar-refractivity contribution in [2.45, 2.75) is 19.3 Å². The molecule has 0 heterocycles. The minimum Gasteiger partial charge on any atom is -0.468 e. The largest absolute Gasteiger partial charge is 0.468 e. The molecule has 0 N–H and O–H groups in total. The monoisotopic (exact) mass is 290 g/mol. The van der Waals surface area contributed by atoms with Crippen LogP contribution < -0.4 is 0 Å². The van der Waals surface area contributed by atoms with Gasteiger partial charge in [0.15, 0.2) is 0 Å². The maximum Gasteiger partial charge on any atom is 0.315 e. The number of methoxy groups -OCH3 is 1. The SMILES string of the molecule is COC(=O)C(C)(C)c1ccc(Br)c(Cl)c1. The second-order valence-electron chi connectivity index (χ2n) is 3.75. The van der Waals surface area contributed by atoms with Gasteiger partial charge in [0.05, 0.1) is 17.5 Å². The Bertz CT molecular complexity index is 388. The maximum absolute atomic E-state index is 11.6. The third kappa shape index (κ3) is 2.52. The molecule has 1 aromatic carbocycles. The van der Waals surface area contributed by atoms with Crippen LogP contribution in [0.5, 0.6) is 0 Å². The number of ether oxygens (including phenoxy) is 1. The number of benzene rings is 1. The number of hydrogen-bond donors (Lipinski definition) is 0. The van der Waals surface area contributed by atoms with Crippen LogP contribution in [0.4, 0.5) is 0 Å². The fraction of sp³-hybridized carbons (Fsp3) is 0.364. The molecule has 0 unspecified atom stereocenters. The molecule has 1 rings (SSSR count). The van der Waals surface area contributed by atoms with Gasteiger partial charge in [-0.15, -0.1) is 0 Å². The molecular weight excluding hydrogens is 279 g/mol. The molecule has 0 bridgehead atoms. The Hall–Kier alpha value is -0.540. The van der Waals surface area contributed by atoms with E-state index in [1.165, 1.54) is 7.11 Å². The highest BCUT2D eigenvalue weighted by Crippen LogP contribution is 2.30. The van der Waals surface area contributed by atoms with Gasteiger partial charge in [-0.1, -0.05) is 17.7 Å². The molecule has 2 nitrogen and oxygen atoms in total. The lowest BCUT2D eigenvalue weighted by Gasteiger charge is -2.22. The fourth-order valence-corrected chi connectivity index (χ4v) is 1.69. The summed E-state index contributed by atoms with van der Waals surface area (Å²) >= 11 is 9.27. The Kier molecular flexibility index (Phi) is 3.79. The first-order valence-corrected chi connectivity index (χ1v) is 5.60. The van der Waals surface area contributed by atoms with Gasteiger partial charge in [0.1, 0.15) is 0 Å². The number of hydrogen-bond acceptors (Lipinski definition) is 2. The summed E-state index contributed by atoms with van der Waals surface area (Å²) < 4.78 is 5.56. The molecule has 0 radical (unpaired) electrons. The molecule has 4 heteroatoms. The lowest BCUT2D eigenvalue weighted by atomic mass is 9.85. The van der Waals surface area contributed by atoms with Crippen LogP contribution in [-0.4, -0.2) is 13.1 Å². The van der Waals surface area contributed by atoms with E-state index in [1.54, 1.807) is 19.9 Å². The Balaban J connectivity index is 3.16. The molecule has 0 aliphatic rings. The van der Waals surface area contributed by atoms with Crippen LogP contribution in [0.15, 0.2) is 22.7 Å². The smallest absolute Gasteiger partial charge is 0.315 e. The van der Waals surface area contributed by atoms with Gasteiger partial charge in [0.2, 0.25) is 0 Å². The van der Waals surface area contributed by atoms with Crippen molar-refractivity contribution >= 4 is 33.5 Å². The maximum atomic E-state index is 11.6. The van der Waals surface area contributed by atoms with Crippen LogP contribution in [0.1, 0.15) is 19.4 Å². The van der Waals surface area contributed by atoms with E-state index in [1.807, 2.05) is 12.1 Å². The van der Waals surface area contributed by atoms with Gasteiger partial charge in [-0.3, -0.25) is 4.79 Å². The Labute approximate surface area is 103 Å². The average molecular weight is 292 g/mol. The minimum absolute atomic E-state index is 0.277. The molecule has 0 fully saturated rings. The van der Waals surface area contributed by atoms with E-state index in [2.05, 4.69) is 15.9 Å². The second-order valence-corrected chi connectivity index (χ2v) is 5.01. The third-order valence-electron chi connectivity index (χ3n) is 2.34. The molecule has 0 amide bonds. The van der Waals surface area contributed by atoms with Gasteiger partial charge < -0.3 is 4.74 Å². The molecule has 0 saturated heterocycles. The van der Waals surface area contributed by atoms with Gasteiger partial charge in [0.25, 0.3) is 0 Å². The lowest BCUT2D eigenvalue weighted by molar-refractivity contribution is -0.146. The predicted octanol–water partition coefficient (Wildman–Crippen LogP) is 3.55. The highest BCUT2D eigenvalue weighted by Gasteiger charge is 2.31. The van der Waals surface area contributed by atoms with Crippen LogP contribution in [-0.2, 0) is 14.9 Å². The first-order chi connectivity index (χ1) is 6.89. The van der Waals surface area contributed by atoms with E-state index in [-0.39, 0.29) is 5.97 Å². The molecule has 15 heavy (non-hydrogen) atoms. The first kappa shape index (κ1) is 12.5. The van der Waals surface area contributed by atoms with Crippen LogP contribution >= 0.6 is 27.5 Å². The molecule has 0 atom stereocenters. The summed E-state index contributed by atoms with van der Waals surface area (Å²) in [6.45, 7) is 3.61. The number of halogens is 2. The molecular formula is C11H12BrClO2. The predicted molar refractivity (Wildman–Crippen MR) is 64.2 cm³/mol. The van der Waals surface area contributed by atoms with Crippen LogP contribution in [0.25, 0.3) is 0 Å². The zero-order valence-electron chi connectivity index (χ0n) is 8.80. The van der Waals surface area contributed by atoms with Crippen LogP contribution in [0.2, 0.25) is 5.02 Å². The topological polar surface area (TPSA) is 26.3 Å². The summed E-state index contributed by atoms with van der Waals surface area (Å²) in [6, 6.07) is 5.44. The van der Waals surface area contributed by atoms with Crippen LogP contribution in [0.3, 0.4) is 0 Å². The lowest BCUT2D eigenvalue weighted by Crippen LogP contribution is -2.30. The van der Waals surface area contributed by atoms with Crippen molar-refractivity contribution in [1.82, 2.24) is 0 Å². The van der Waals surface area contributed by atoms with E-state index < -0.39 is 5.41 Å². The van der Waals surface area contributed by atoms with Gasteiger partial charge in [-0.25, -0.2) is 0 Å². The summed E-state index contributed by atoms with van der Waals surface area (Å²) in [4.78, 5) is 11.6. The average Bonchev–Trinajstić information content (AvgIpc) is 2.20. The molecule has 0 saturated carbocycles. The van der Waals surface area contributed by atoms with E-state index in [0.717, 1.165) is 10.0 Å². The number of carbonyl (C=O) groups excluding carboxylic acids is 1. The van der Waals surface area contributed by atoms with Crippen molar-refractivity contribution in [2.75, 3.05) is 7.11 Å². The standard InChI is InChI=1S/C11H12BrClO2/c1-11(2,10(14)15-3)7-4-5-8(12)9(13)6-7/h4-6H,1-3H3. The first-order valence-electron chi connectivity index (χ1n) is 4.43. The van der Waals surface area contributed by atoms with Gasteiger partial charge in [-0.05, 0) is 47.5 Å². The normalized spacial score (nSPS) is 11.3. The summed E-state index contributed by atoms with van der Waals surface area (Å²) in [7, 11) is 1.38. The zero-order chi connectivity index (χ0) is 11.6. The van der Waals surface area contributed by atoms with Gasteiger partial charge >= 0.3 is 5.97 Å². The van der Waals surface area contributed by atoms with Gasteiger partial charge in [0, 0.05) is 4.47 Å². The Morgan fingerprint density at radius 1 is 1.47 bits per heavy atom. The molecule has 0 aliphatic heterocycles. The quantitative estimate of drug-likeness (QED) is 0.779. The Morgan fingerprint density at radius 3 is 2.53 bits per heavy atom. The molecule has 1 aromatic rings. The summed E-state index contributed by atoms with van der Waals surface area (Å²) in [5.41, 5.74) is 0.154. The number of esters is 1. The van der Waals surface area contributed by atoms with Crippen molar-refractivity contribution < 1.29 is 9.53 Å². The van der Waals surface area contributed by atoms with Crippen molar-refractivity contribution in [3.05, 3.63) is 33.3 Å². The summed E-state index contributed by atoms with van der Waals surface area (Å²) in [5, 5.41) is 0.587. The Morgan fingerprint density at radius 2 is 2.07 bits per heavy atom. The molecule has 0 aromatic heterocycles. The number of carbonyl (C=O) groups is 1. The zero-order valence-corrected chi connectivity index (χ0v) is 11.1. The molecule has 0 spiro atoms. The highest BCUT2D eigenvalue weighted by atomic mass is 79.9. The van der Waals surface area contributed by atoms with Crippen LogP contribution in [0, 0.1) is 0 Å². The van der Waals surface area contributed by atoms with Gasteiger partial charge in [-0.2, -0.15) is 0 Å². The van der Waals surface area contributed by atoms with Crippen molar-refractivity contribution in [2.24, 2.45) is 0 Å². The van der Waals surface area contributed by atoms with E-state index >= 15 is 0 Å². The second kappa shape index (κ2) is 4.54. The van der Waals surface area contributed by atoms with E-state index in [0.29, 0.717) is 5.02 Å². The van der Waals surface area contributed by atoms with E-state index in [9.17, 15) is 4.79 Å². The van der Waals surface area contributed by atoms with E-state index in [4.69, 9.17) is 16.3 Å². The summed E-state index contributed by atoms with van der Waals surface area (Å²) in [6.07, 6.45) is 0. The molecule has 0 aliphatic carbocycles. The van der Waals surface area contributed by atoms with Crippen molar-refractivity contribution in [3.63, 3.8) is 0 Å². The number of rotatable bonds is 2. The molecule has 82 valence electrons. The third-order valence-corrected chi connectivity index (χ3v) is 3.57. The minimum atomic E-state index is -0.681.